The van der Waals surface area contributed by atoms with Gasteiger partial charge in [-0.05, 0) is 24.3 Å². The van der Waals surface area contributed by atoms with Crippen LogP contribution in [0.1, 0.15) is 11.1 Å². The molecule has 4 rings (SSSR count). The van der Waals surface area contributed by atoms with Crippen LogP contribution in [0.4, 0.5) is 0 Å². The van der Waals surface area contributed by atoms with Gasteiger partial charge in [0.05, 0.1) is 24.5 Å². The van der Waals surface area contributed by atoms with Crippen molar-refractivity contribution in [1.29, 1.82) is 10.7 Å². The number of imidazole rings is 1. The summed E-state index contributed by atoms with van der Waals surface area (Å²) >= 11 is 12.6. The van der Waals surface area contributed by atoms with Crippen molar-refractivity contribution >= 4 is 34.4 Å². The normalized spacial score (nSPS) is 10.9. The maximum absolute atomic E-state index is 9.34. The van der Waals surface area contributed by atoms with Crippen LogP contribution >= 0.6 is 23.2 Å². The molecule has 6 nitrogen and oxygen atoms in total. The number of H-pyrrole nitrogens is 1. The molecule has 0 amide bonds. The molecule has 2 aromatic heterocycles. The topological polar surface area (TPSA) is 94.1 Å². The fourth-order valence-electron chi connectivity index (χ4n) is 2.87. The summed E-state index contributed by atoms with van der Waals surface area (Å²) in [6.45, 7) is 0.354. The zero-order valence-electron chi connectivity index (χ0n) is 13.9. The summed E-state index contributed by atoms with van der Waals surface area (Å²) in [5.41, 5.74) is 2.99. The van der Waals surface area contributed by atoms with Gasteiger partial charge in [-0.15, -0.1) is 0 Å². The quantitative estimate of drug-likeness (QED) is 0.546. The predicted octanol–water partition coefficient (Wildman–Crippen LogP) is 4.13. The van der Waals surface area contributed by atoms with Gasteiger partial charge in [0.2, 0.25) is 0 Å². The van der Waals surface area contributed by atoms with Crippen LogP contribution in [0.2, 0.25) is 10.0 Å². The first-order chi connectivity index (χ1) is 13.1. The Morgan fingerprint density at radius 3 is 2.59 bits per heavy atom. The van der Waals surface area contributed by atoms with Crippen LogP contribution < -0.4 is 5.49 Å². The molecule has 8 heteroatoms. The summed E-state index contributed by atoms with van der Waals surface area (Å²) in [5, 5.41) is 18.5. The Bertz CT molecular complexity index is 1250. The number of halogens is 2. The van der Waals surface area contributed by atoms with Crippen molar-refractivity contribution in [3.8, 4) is 17.5 Å². The van der Waals surface area contributed by atoms with Gasteiger partial charge >= 0.3 is 0 Å². The fraction of sp³-hybridized carbons (Fsp3) is 0.0526. The molecule has 0 radical (unpaired) electrons. The largest absolute Gasteiger partial charge is 0.333 e. The molecule has 0 atom stereocenters. The number of rotatable bonds is 3. The van der Waals surface area contributed by atoms with Crippen molar-refractivity contribution in [1.82, 2.24) is 19.5 Å². The third-order valence-electron chi connectivity index (χ3n) is 4.21. The van der Waals surface area contributed by atoms with Crippen LogP contribution in [0.25, 0.3) is 22.6 Å². The standard InChI is InChI=1S/C19H12Cl2N6/c20-14-6-3-7-15(21)13(14)9-27-10-24-17(23)16-19(27)26-18(25-16)12-5-2-1-4-11(12)8-22/h1-7,10,23H,9H2,(H,25,26). The number of nitrogens with one attached hydrogen (secondary N) is 2. The molecular formula is C19H12Cl2N6. The lowest BCUT2D eigenvalue weighted by molar-refractivity contribution is 0.784. The van der Waals surface area contributed by atoms with E-state index in [0.29, 0.717) is 44.7 Å². The van der Waals surface area contributed by atoms with E-state index in [4.69, 9.17) is 28.6 Å². The van der Waals surface area contributed by atoms with Gasteiger partial charge in [0.1, 0.15) is 11.3 Å². The monoisotopic (exact) mass is 394 g/mol. The fourth-order valence-corrected chi connectivity index (χ4v) is 3.38. The second-order valence-electron chi connectivity index (χ2n) is 5.86. The van der Waals surface area contributed by atoms with Crippen LogP contribution in [0, 0.1) is 16.7 Å². The highest BCUT2D eigenvalue weighted by molar-refractivity contribution is 6.36. The minimum Gasteiger partial charge on any atom is -0.333 e. The van der Waals surface area contributed by atoms with Crippen molar-refractivity contribution in [2.45, 2.75) is 6.54 Å². The van der Waals surface area contributed by atoms with Gasteiger partial charge in [0.15, 0.2) is 11.1 Å². The molecule has 2 N–H and O–H groups in total. The Labute approximate surface area is 164 Å². The van der Waals surface area contributed by atoms with Gasteiger partial charge < -0.3 is 9.55 Å². The zero-order chi connectivity index (χ0) is 19.0. The number of benzene rings is 2. The van der Waals surface area contributed by atoms with E-state index in [1.54, 1.807) is 34.9 Å². The number of aromatic amines is 1. The second kappa shape index (κ2) is 6.88. The summed E-state index contributed by atoms with van der Waals surface area (Å²) in [6.07, 6.45) is 1.53. The van der Waals surface area contributed by atoms with E-state index in [0.717, 1.165) is 5.56 Å². The minimum atomic E-state index is 0.0692. The third-order valence-corrected chi connectivity index (χ3v) is 4.92. The maximum Gasteiger partial charge on any atom is 0.173 e. The third kappa shape index (κ3) is 3.08. The highest BCUT2D eigenvalue weighted by atomic mass is 35.5. The first kappa shape index (κ1) is 17.3. The summed E-state index contributed by atoms with van der Waals surface area (Å²) < 4.78 is 1.77. The molecule has 0 aliphatic rings. The number of nitriles is 1. The Morgan fingerprint density at radius 1 is 1.11 bits per heavy atom. The molecule has 2 heterocycles. The molecule has 0 saturated heterocycles. The Morgan fingerprint density at radius 2 is 1.85 bits per heavy atom. The number of hydrogen-bond donors (Lipinski definition) is 2. The first-order valence-corrected chi connectivity index (χ1v) is 8.76. The van der Waals surface area contributed by atoms with Crippen LogP contribution in [-0.4, -0.2) is 19.5 Å². The van der Waals surface area contributed by atoms with Crippen LogP contribution in [0.15, 0.2) is 48.8 Å². The smallest absolute Gasteiger partial charge is 0.173 e. The van der Waals surface area contributed by atoms with Crippen molar-refractivity contribution in [3.05, 3.63) is 75.5 Å². The Kier molecular flexibility index (Phi) is 4.40. The van der Waals surface area contributed by atoms with Gasteiger partial charge in [-0.1, -0.05) is 41.4 Å². The second-order valence-corrected chi connectivity index (χ2v) is 6.68. The highest BCUT2D eigenvalue weighted by Gasteiger charge is 2.14. The van der Waals surface area contributed by atoms with E-state index < -0.39 is 0 Å². The number of nitrogens with zero attached hydrogens (tertiary/aromatic N) is 4. The van der Waals surface area contributed by atoms with Gasteiger partial charge in [-0.2, -0.15) is 5.26 Å². The molecule has 132 valence electrons. The van der Waals surface area contributed by atoms with Crippen LogP contribution in [0.3, 0.4) is 0 Å². The average Bonchev–Trinajstić information content (AvgIpc) is 3.13. The highest BCUT2D eigenvalue weighted by Crippen LogP contribution is 2.27. The van der Waals surface area contributed by atoms with Crippen molar-refractivity contribution < 1.29 is 0 Å². The SMILES string of the molecule is N#Cc1ccccc1-c1nc2c([nH]1)c(=N)ncn2Cc1c(Cl)cccc1Cl. The van der Waals surface area contributed by atoms with E-state index in [9.17, 15) is 5.26 Å². The van der Waals surface area contributed by atoms with Gasteiger partial charge in [-0.25, -0.2) is 9.97 Å². The predicted molar refractivity (Wildman–Crippen MR) is 103 cm³/mol. The van der Waals surface area contributed by atoms with Crippen molar-refractivity contribution in [3.63, 3.8) is 0 Å². The molecule has 4 aromatic rings. The Hall–Kier alpha value is -3.14. The Balaban J connectivity index is 1.89. The van der Waals surface area contributed by atoms with E-state index in [2.05, 4.69) is 21.0 Å². The molecule has 0 aliphatic heterocycles. The summed E-state index contributed by atoms with van der Waals surface area (Å²) in [7, 11) is 0. The average molecular weight is 395 g/mol. The first-order valence-electron chi connectivity index (χ1n) is 8.00. The van der Waals surface area contributed by atoms with Gasteiger partial charge in [0, 0.05) is 21.2 Å². The van der Waals surface area contributed by atoms with E-state index in [1.165, 1.54) is 6.33 Å². The molecule has 0 unspecified atom stereocenters. The van der Waals surface area contributed by atoms with Crippen molar-refractivity contribution in [2.24, 2.45) is 0 Å². The number of hydrogen-bond acceptors (Lipinski definition) is 4. The molecule has 0 saturated carbocycles. The van der Waals surface area contributed by atoms with Crippen LogP contribution in [-0.2, 0) is 6.54 Å². The summed E-state index contributed by atoms with van der Waals surface area (Å²) in [6, 6.07) is 14.6. The van der Waals surface area contributed by atoms with Gasteiger partial charge in [-0.3, -0.25) is 5.41 Å². The van der Waals surface area contributed by atoms with Crippen LogP contribution in [0.5, 0.6) is 0 Å². The lowest BCUT2D eigenvalue weighted by Crippen LogP contribution is -2.13. The van der Waals surface area contributed by atoms with E-state index >= 15 is 0 Å². The lowest BCUT2D eigenvalue weighted by Gasteiger charge is -2.10. The van der Waals surface area contributed by atoms with Crippen molar-refractivity contribution in [2.75, 3.05) is 0 Å². The molecule has 27 heavy (non-hydrogen) atoms. The molecule has 0 aliphatic carbocycles. The summed E-state index contributed by atoms with van der Waals surface area (Å²) in [4.78, 5) is 11.8. The zero-order valence-corrected chi connectivity index (χ0v) is 15.4. The van der Waals surface area contributed by atoms with E-state index in [-0.39, 0.29) is 5.49 Å². The molecular weight excluding hydrogens is 383 g/mol. The van der Waals surface area contributed by atoms with Gasteiger partial charge in [0.25, 0.3) is 0 Å². The summed E-state index contributed by atoms with van der Waals surface area (Å²) in [5.74, 6) is 0.502. The molecule has 2 aromatic carbocycles. The minimum absolute atomic E-state index is 0.0692. The number of fused-ring (bicyclic) bond motifs is 1. The van der Waals surface area contributed by atoms with E-state index in [1.807, 2.05) is 12.1 Å². The maximum atomic E-state index is 9.34. The molecule has 0 bridgehead atoms. The number of aromatic nitrogens is 4. The molecule has 0 spiro atoms. The molecule has 0 fully saturated rings. The lowest BCUT2D eigenvalue weighted by atomic mass is 10.1.